The number of carboxylic acid groups (broad SMARTS) is 1. The van der Waals surface area contributed by atoms with Crippen LogP contribution in [-0.2, 0) is 0 Å². The molecule has 1 aromatic heterocycles. The van der Waals surface area contributed by atoms with Gasteiger partial charge in [0, 0.05) is 4.47 Å². The third-order valence-corrected chi connectivity index (χ3v) is 2.95. The fourth-order valence-corrected chi connectivity index (χ4v) is 1.56. The van der Waals surface area contributed by atoms with Crippen LogP contribution in [0.15, 0.2) is 28.9 Å². The van der Waals surface area contributed by atoms with Gasteiger partial charge in [-0.3, -0.25) is 0 Å². The predicted molar refractivity (Wildman–Crippen MR) is 60.8 cm³/mol. The van der Waals surface area contributed by atoms with Crippen LogP contribution in [0, 0.1) is 6.92 Å². The van der Waals surface area contributed by atoms with Gasteiger partial charge in [0.05, 0.1) is 11.9 Å². The van der Waals surface area contributed by atoms with Gasteiger partial charge in [0.15, 0.2) is 5.69 Å². The first-order chi connectivity index (χ1) is 7.58. The summed E-state index contributed by atoms with van der Waals surface area (Å²) in [7, 11) is 0. The Morgan fingerprint density at radius 3 is 2.81 bits per heavy atom. The average molecular weight is 282 g/mol. The molecule has 5 nitrogen and oxygen atoms in total. The van der Waals surface area contributed by atoms with E-state index in [1.165, 1.54) is 11.0 Å². The highest BCUT2D eigenvalue weighted by molar-refractivity contribution is 9.10. The second-order valence-electron chi connectivity index (χ2n) is 3.26. The van der Waals surface area contributed by atoms with E-state index in [1.807, 2.05) is 25.1 Å². The van der Waals surface area contributed by atoms with Gasteiger partial charge in [-0.05, 0) is 24.6 Å². The lowest BCUT2D eigenvalue weighted by molar-refractivity contribution is 0.0690. The standard InChI is InChI=1S/C10H8BrN3O2/c1-6-2-3-7(4-8(6)11)14-12-5-9(13-14)10(15)16/h2-5H,1H3,(H,15,16). The molecule has 16 heavy (non-hydrogen) atoms. The number of halogens is 1. The van der Waals surface area contributed by atoms with Crippen molar-refractivity contribution in [2.45, 2.75) is 6.92 Å². The fourth-order valence-electron chi connectivity index (χ4n) is 1.19. The Labute approximate surface area is 99.8 Å². The maximum absolute atomic E-state index is 10.6. The second-order valence-corrected chi connectivity index (χ2v) is 4.11. The van der Waals surface area contributed by atoms with Crippen LogP contribution in [0.1, 0.15) is 16.1 Å². The number of aromatic carboxylic acids is 1. The molecule has 0 radical (unpaired) electrons. The summed E-state index contributed by atoms with van der Waals surface area (Å²) >= 11 is 3.39. The zero-order valence-corrected chi connectivity index (χ0v) is 9.97. The van der Waals surface area contributed by atoms with Crippen LogP contribution < -0.4 is 0 Å². The Hall–Kier alpha value is -1.69. The molecule has 1 aromatic carbocycles. The van der Waals surface area contributed by atoms with Gasteiger partial charge < -0.3 is 5.11 Å². The van der Waals surface area contributed by atoms with Crippen molar-refractivity contribution >= 4 is 21.9 Å². The Morgan fingerprint density at radius 2 is 2.25 bits per heavy atom. The smallest absolute Gasteiger partial charge is 0.358 e. The van der Waals surface area contributed by atoms with E-state index in [1.54, 1.807) is 0 Å². The van der Waals surface area contributed by atoms with Gasteiger partial charge in [-0.1, -0.05) is 22.0 Å². The van der Waals surface area contributed by atoms with E-state index in [4.69, 9.17) is 5.11 Å². The lowest BCUT2D eigenvalue weighted by atomic mass is 10.2. The molecule has 82 valence electrons. The quantitative estimate of drug-likeness (QED) is 0.915. The molecule has 2 aromatic rings. The molecule has 6 heteroatoms. The number of carbonyl (C=O) groups is 1. The van der Waals surface area contributed by atoms with Gasteiger partial charge in [0.1, 0.15) is 0 Å². The van der Waals surface area contributed by atoms with E-state index >= 15 is 0 Å². The summed E-state index contributed by atoms with van der Waals surface area (Å²) in [5.74, 6) is -1.09. The SMILES string of the molecule is Cc1ccc(-n2ncc(C(=O)O)n2)cc1Br. The molecule has 1 N–H and O–H groups in total. The molecule has 0 aliphatic rings. The number of hydrogen-bond donors (Lipinski definition) is 1. The maximum Gasteiger partial charge on any atom is 0.358 e. The topological polar surface area (TPSA) is 68.0 Å². The molecule has 0 unspecified atom stereocenters. The first-order valence-electron chi connectivity index (χ1n) is 4.50. The zero-order valence-electron chi connectivity index (χ0n) is 8.38. The van der Waals surface area contributed by atoms with Crippen LogP contribution in [0.25, 0.3) is 5.69 Å². The van der Waals surface area contributed by atoms with Crippen LogP contribution in [0.2, 0.25) is 0 Å². The van der Waals surface area contributed by atoms with E-state index in [2.05, 4.69) is 26.1 Å². The molecule has 0 aliphatic heterocycles. The highest BCUT2D eigenvalue weighted by Gasteiger charge is 2.09. The van der Waals surface area contributed by atoms with Crippen molar-refractivity contribution in [1.82, 2.24) is 15.0 Å². The van der Waals surface area contributed by atoms with Crippen LogP contribution in [0.4, 0.5) is 0 Å². The molecule has 0 atom stereocenters. The monoisotopic (exact) mass is 281 g/mol. The first-order valence-corrected chi connectivity index (χ1v) is 5.29. The highest BCUT2D eigenvalue weighted by Crippen LogP contribution is 2.19. The molecule has 1 heterocycles. The normalized spacial score (nSPS) is 10.4. The minimum Gasteiger partial charge on any atom is -0.476 e. The molecular weight excluding hydrogens is 274 g/mol. The van der Waals surface area contributed by atoms with Crippen LogP contribution in [-0.4, -0.2) is 26.1 Å². The van der Waals surface area contributed by atoms with Crippen molar-refractivity contribution in [3.63, 3.8) is 0 Å². The molecular formula is C10H8BrN3O2. The first kappa shape index (κ1) is 10.8. The van der Waals surface area contributed by atoms with Crippen LogP contribution >= 0.6 is 15.9 Å². The number of rotatable bonds is 2. The van der Waals surface area contributed by atoms with Gasteiger partial charge in [0.2, 0.25) is 0 Å². The van der Waals surface area contributed by atoms with Crippen molar-refractivity contribution in [3.05, 3.63) is 40.1 Å². The van der Waals surface area contributed by atoms with E-state index < -0.39 is 5.97 Å². The summed E-state index contributed by atoms with van der Waals surface area (Å²) in [5.41, 5.74) is 1.73. The van der Waals surface area contributed by atoms with E-state index in [0.717, 1.165) is 10.0 Å². The lowest BCUT2D eigenvalue weighted by Crippen LogP contribution is -2.02. The summed E-state index contributed by atoms with van der Waals surface area (Å²) < 4.78 is 0.930. The van der Waals surface area contributed by atoms with Gasteiger partial charge >= 0.3 is 5.97 Å². The van der Waals surface area contributed by atoms with Crippen molar-refractivity contribution in [3.8, 4) is 5.69 Å². The van der Waals surface area contributed by atoms with Crippen molar-refractivity contribution in [2.75, 3.05) is 0 Å². The Bertz CT molecular complexity index is 551. The molecule has 0 fully saturated rings. The van der Waals surface area contributed by atoms with E-state index in [9.17, 15) is 4.79 Å². The summed E-state index contributed by atoms with van der Waals surface area (Å²) in [6.07, 6.45) is 1.22. The number of aromatic nitrogens is 3. The Balaban J connectivity index is 2.42. The van der Waals surface area contributed by atoms with Gasteiger partial charge in [-0.15, -0.1) is 5.10 Å². The van der Waals surface area contributed by atoms with Gasteiger partial charge in [-0.25, -0.2) is 4.79 Å². The van der Waals surface area contributed by atoms with Crippen molar-refractivity contribution in [2.24, 2.45) is 0 Å². The average Bonchev–Trinajstić information content (AvgIpc) is 2.71. The third-order valence-electron chi connectivity index (χ3n) is 2.10. The van der Waals surface area contributed by atoms with E-state index in [0.29, 0.717) is 5.69 Å². The second kappa shape index (κ2) is 4.05. The number of benzene rings is 1. The molecule has 0 spiro atoms. The summed E-state index contributed by atoms with van der Waals surface area (Å²) in [6.45, 7) is 1.97. The largest absolute Gasteiger partial charge is 0.476 e. The molecule has 0 amide bonds. The van der Waals surface area contributed by atoms with E-state index in [-0.39, 0.29) is 5.69 Å². The molecule has 0 saturated carbocycles. The summed E-state index contributed by atoms with van der Waals surface area (Å²) in [5, 5.41) is 16.4. The number of carboxylic acids is 1. The van der Waals surface area contributed by atoms with Crippen LogP contribution in [0.5, 0.6) is 0 Å². The molecule has 0 saturated heterocycles. The third kappa shape index (κ3) is 1.96. The fraction of sp³-hybridized carbons (Fsp3) is 0.100. The summed E-state index contributed by atoms with van der Waals surface area (Å²) in [4.78, 5) is 11.9. The minimum atomic E-state index is -1.09. The zero-order chi connectivity index (χ0) is 11.7. The lowest BCUT2D eigenvalue weighted by Gasteiger charge is -2.02. The molecule has 0 aliphatic carbocycles. The highest BCUT2D eigenvalue weighted by atomic mass is 79.9. The number of nitrogens with zero attached hydrogens (tertiary/aromatic N) is 3. The van der Waals surface area contributed by atoms with Gasteiger partial charge in [-0.2, -0.15) is 9.90 Å². The number of aryl methyl sites for hydroxylation is 1. The number of hydrogen-bond acceptors (Lipinski definition) is 3. The predicted octanol–water partition coefficient (Wildman–Crippen LogP) is 2.04. The summed E-state index contributed by atoms with van der Waals surface area (Å²) in [6, 6.07) is 5.57. The maximum atomic E-state index is 10.6. The Kier molecular flexibility index (Phi) is 2.74. The molecule has 0 bridgehead atoms. The Morgan fingerprint density at radius 1 is 1.50 bits per heavy atom. The van der Waals surface area contributed by atoms with Crippen molar-refractivity contribution in [1.29, 1.82) is 0 Å². The van der Waals surface area contributed by atoms with Gasteiger partial charge in [0.25, 0.3) is 0 Å². The van der Waals surface area contributed by atoms with Crippen LogP contribution in [0.3, 0.4) is 0 Å². The molecule has 2 rings (SSSR count). The minimum absolute atomic E-state index is 0.0725. The van der Waals surface area contributed by atoms with Crippen molar-refractivity contribution < 1.29 is 9.90 Å².